The minimum atomic E-state index is -0.465. The van der Waals surface area contributed by atoms with Crippen LogP contribution < -0.4 is 10.6 Å². The number of carbonyl (C=O) groups excluding carboxylic acids is 1. The van der Waals surface area contributed by atoms with Crippen LogP contribution >= 0.6 is 12.2 Å². The molecule has 2 aromatic rings. The van der Waals surface area contributed by atoms with E-state index < -0.39 is 4.92 Å². The summed E-state index contributed by atoms with van der Waals surface area (Å²) >= 11 is 5.17. The van der Waals surface area contributed by atoms with Crippen molar-refractivity contribution < 1.29 is 9.72 Å². The Kier molecular flexibility index (Phi) is 4.80. The Balaban J connectivity index is 2.02. The number of anilines is 2. The quantitative estimate of drug-likeness (QED) is 0.388. The Morgan fingerprint density at radius 2 is 1.73 bits per heavy atom. The molecule has 0 aliphatic carbocycles. The van der Waals surface area contributed by atoms with Crippen LogP contribution in [0.3, 0.4) is 0 Å². The first kappa shape index (κ1) is 15.6. The van der Waals surface area contributed by atoms with Gasteiger partial charge in [0.25, 0.3) is 5.69 Å². The van der Waals surface area contributed by atoms with Gasteiger partial charge in [-0.15, -0.1) is 0 Å². The summed E-state index contributed by atoms with van der Waals surface area (Å²) < 4.78 is 0. The zero-order chi connectivity index (χ0) is 16.1. The second-order valence-electron chi connectivity index (χ2n) is 4.52. The molecule has 0 unspecified atom stereocenters. The highest BCUT2D eigenvalue weighted by Crippen LogP contribution is 2.16. The normalized spacial score (nSPS) is 9.86. The lowest BCUT2D eigenvalue weighted by Crippen LogP contribution is -2.19. The van der Waals surface area contributed by atoms with Crippen LogP contribution in [0.1, 0.15) is 17.3 Å². The topological polar surface area (TPSA) is 84.3 Å². The molecule has 0 aliphatic heterocycles. The van der Waals surface area contributed by atoms with E-state index in [1.54, 1.807) is 36.4 Å². The maximum atomic E-state index is 11.3. The SMILES string of the molecule is CC(=O)c1cccc(NC(=S)Nc2ccc([N+](=O)[O-])cc2)c1. The van der Waals surface area contributed by atoms with Crippen molar-refractivity contribution >= 4 is 40.2 Å². The van der Waals surface area contributed by atoms with Crippen molar-refractivity contribution in [2.45, 2.75) is 6.92 Å². The highest BCUT2D eigenvalue weighted by Gasteiger charge is 2.06. The van der Waals surface area contributed by atoms with E-state index in [1.807, 2.05) is 0 Å². The molecule has 0 spiro atoms. The van der Waals surface area contributed by atoms with Crippen LogP contribution in [-0.4, -0.2) is 15.8 Å². The second-order valence-corrected chi connectivity index (χ2v) is 4.93. The van der Waals surface area contributed by atoms with Crippen molar-refractivity contribution in [2.24, 2.45) is 0 Å². The summed E-state index contributed by atoms with van der Waals surface area (Å²) in [5.74, 6) is -0.0297. The van der Waals surface area contributed by atoms with Crippen LogP contribution in [0.25, 0.3) is 0 Å². The molecule has 0 radical (unpaired) electrons. The first-order valence-corrected chi connectivity index (χ1v) is 6.80. The molecule has 0 fully saturated rings. The summed E-state index contributed by atoms with van der Waals surface area (Å²) in [6.07, 6.45) is 0. The van der Waals surface area contributed by atoms with Crippen molar-refractivity contribution in [2.75, 3.05) is 10.6 Å². The van der Waals surface area contributed by atoms with Crippen molar-refractivity contribution in [3.05, 3.63) is 64.2 Å². The van der Waals surface area contributed by atoms with Crippen LogP contribution in [-0.2, 0) is 0 Å². The Bertz CT molecular complexity index is 729. The van der Waals surface area contributed by atoms with E-state index in [9.17, 15) is 14.9 Å². The van der Waals surface area contributed by atoms with Crippen molar-refractivity contribution in [3.8, 4) is 0 Å². The van der Waals surface area contributed by atoms with Gasteiger partial charge in [-0.1, -0.05) is 12.1 Å². The lowest BCUT2D eigenvalue weighted by Gasteiger charge is -2.11. The number of nitro groups is 1. The monoisotopic (exact) mass is 315 g/mol. The van der Waals surface area contributed by atoms with Gasteiger partial charge in [-0.05, 0) is 43.4 Å². The Morgan fingerprint density at radius 1 is 1.09 bits per heavy atom. The Hall–Kier alpha value is -2.80. The minimum absolute atomic E-state index is 0.0126. The molecule has 6 nitrogen and oxygen atoms in total. The zero-order valence-corrected chi connectivity index (χ0v) is 12.5. The summed E-state index contributed by atoms with van der Waals surface area (Å²) in [6, 6.07) is 12.9. The van der Waals surface area contributed by atoms with Crippen molar-refractivity contribution in [3.63, 3.8) is 0 Å². The van der Waals surface area contributed by atoms with Crippen LogP contribution in [0, 0.1) is 10.1 Å². The first-order chi connectivity index (χ1) is 10.5. The van der Waals surface area contributed by atoms with E-state index in [4.69, 9.17) is 12.2 Å². The number of thiocarbonyl (C=S) groups is 1. The summed E-state index contributed by atoms with van der Waals surface area (Å²) in [5, 5.41) is 16.8. The number of non-ortho nitro benzene ring substituents is 1. The molecule has 0 bridgehead atoms. The van der Waals surface area contributed by atoms with E-state index in [0.717, 1.165) is 0 Å². The molecule has 0 saturated heterocycles. The number of rotatable bonds is 4. The number of nitro benzene ring substituents is 1. The summed E-state index contributed by atoms with van der Waals surface area (Å²) in [7, 11) is 0. The minimum Gasteiger partial charge on any atom is -0.332 e. The van der Waals surface area contributed by atoms with Gasteiger partial charge in [0, 0.05) is 29.1 Å². The predicted molar refractivity (Wildman–Crippen MR) is 89.4 cm³/mol. The highest BCUT2D eigenvalue weighted by molar-refractivity contribution is 7.80. The molecule has 22 heavy (non-hydrogen) atoms. The maximum Gasteiger partial charge on any atom is 0.269 e. The fraction of sp³-hybridized carbons (Fsp3) is 0.0667. The van der Waals surface area contributed by atoms with Gasteiger partial charge in [0.2, 0.25) is 0 Å². The number of hydrogen-bond acceptors (Lipinski definition) is 4. The fourth-order valence-corrected chi connectivity index (χ4v) is 2.01. The summed E-state index contributed by atoms with van der Waals surface area (Å²) in [6.45, 7) is 1.49. The fourth-order valence-electron chi connectivity index (χ4n) is 1.78. The third kappa shape index (κ3) is 4.10. The van der Waals surface area contributed by atoms with E-state index in [0.29, 0.717) is 22.1 Å². The van der Waals surface area contributed by atoms with Gasteiger partial charge in [-0.3, -0.25) is 14.9 Å². The smallest absolute Gasteiger partial charge is 0.269 e. The first-order valence-electron chi connectivity index (χ1n) is 6.39. The van der Waals surface area contributed by atoms with Gasteiger partial charge in [-0.25, -0.2) is 0 Å². The summed E-state index contributed by atoms with van der Waals surface area (Å²) in [4.78, 5) is 21.4. The van der Waals surface area contributed by atoms with E-state index in [-0.39, 0.29) is 11.5 Å². The lowest BCUT2D eigenvalue weighted by molar-refractivity contribution is -0.384. The molecule has 112 valence electrons. The second kappa shape index (κ2) is 6.77. The van der Waals surface area contributed by atoms with E-state index in [1.165, 1.54) is 19.1 Å². The van der Waals surface area contributed by atoms with Gasteiger partial charge in [0.1, 0.15) is 0 Å². The molecule has 0 saturated carbocycles. The van der Waals surface area contributed by atoms with Crippen molar-refractivity contribution in [1.82, 2.24) is 0 Å². The molecule has 0 aliphatic rings. The molecule has 2 aromatic carbocycles. The number of Topliss-reactive ketones (excluding diaryl/α,β-unsaturated/α-hetero) is 1. The number of ketones is 1. The number of hydrogen-bond donors (Lipinski definition) is 2. The maximum absolute atomic E-state index is 11.3. The van der Waals surface area contributed by atoms with Crippen LogP contribution in [0.4, 0.5) is 17.1 Å². The molecule has 2 rings (SSSR count). The molecule has 0 aromatic heterocycles. The summed E-state index contributed by atoms with van der Waals surface area (Å²) in [5.41, 5.74) is 1.92. The van der Waals surface area contributed by atoms with E-state index in [2.05, 4.69) is 10.6 Å². The van der Waals surface area contributed by atoms with Gasteiger partial charge in [0.15, 0.2) is 10.9 Å². The van der Waals surface area contributed by atoms with Crippen LogP contribution in [0.2, 0.25) is 0 Å². The third-order valence-electron chi connectivity index (χ3n) is 2.86. The number of nitrogens with one attached hydrogen (secondary N) is 2. The molecule has 0 heterocycles. The van der Waals surface area contributed by atoms with Gasteiger partial charge in [0.05, 0.1) is 4.92 Å². The molecule has 0 atom stereocenters. The zero-order valence-electron chi connectivity index (χ0n) is 11.7. The van der Waals surface area contributed by atoms with Gasteiger partial charge >= 0.3 is 0 Å². The van der Waals surface area contributed by atoms with E-state index >= 15 is 0 Å². The number of nitrogens with zero attached hydrogens (tertiary/aromatic N) is 1. The van der Waals surface area contributed by atoms with Gasteiger partial charge < -0.3 is 10.6 Å². The highest BCUT2D eigenvalue weighted by atomic mass is 32.1. The molecular formula is C15H13N3O3S. The molecule has 0 amide bonds. The number of benzene rings is 2. The average Bonchev–Trinajstić information content (AvgIpc) is 2.47. The predicted octanol–water partition coefficient (Wildman–Crippen LogP) is 3.61. The van der Waals surface area contributed by atoms with Crippen LogP contribution in [0.5, 0.6) is 0 Å². The standard InChI is InChI=1S/C15H13N3O3S/c1-10(19)11-3-2-4-13(9-11)17-15(22)16-12-5-7-14(8-6-12)18(20)21/h2-9H,1H3,(H2,16,17,22). The Labute approximate surface area is 132 Å². The molecule has 7 heteroatoms. The van der Waals surface area contributed by atoms with Crippen molar-refractivity contribution in [1.29, 1.82) is 0 Å². The molecular weight excluding hydrogens is 302 g/mol. The lowest BCUT2D eigenvalue weighted by atomic mass is 10.1. The third-order valence-corrected chi connectivity index (χ3v) is 3.07. The van der Waals surface area contributed by atoms with Crippen LogP contribution in [0.15, 0.2) is 48.5 Å². The Morgan fingerprint density at radius 3 is 2.32 bits per heavy atom. The molecule has 2 N–H and O–H groups in total. The van der Waals surface area contributed by atoms with Gasteiger partial charge in [-0.2, -0.15) is 0 Å². The average molecular weight is 315 g/mol. The largest absolute Gasteiger partial charge is 0.332 e. The number of carbonyl (C=O) groups is 1.